The summed E-state index contributed by atoms with van der Waals surface area (Å²) in [4.78, 5) is 13.6. The van der Waals surface area contributed by atoms with Crippen LogP contribution in [0.5, 0.6) is 5.75 Å². The SMILES string of the molecule is CCCCCCCCC(=O)N(C)c1ccc(O)cc1. The van der Waals surface area contributed by atoms with Crippen LogP contribution < -0.4 is 4.90 Å². The lowest BCUT2D eigenvalue weighted by atomic mass is 10.1. The van der Waals surface area contributed by atoms with Crippen molar-refractivity contribution in [3.05, 3.63) is 24.3 Å². The Bertz CT molecular complexity index is 373. The number of hydrogen-bond acceptors (Lipinski definition) is 2. The Morgan fingerprint density at radius 3 is 2.26 bits per heavy atom. The Labute approximate surface area is 116 Å². The van der Waals surface area contributed by atoms with Crippen LogP contribution in [0, 0.1) is 0 Å². The monoisotopic (exact) mass is 263 g/mol. The lowest BCUT2D eigenvalue weighted by Crippen LogP contribution is -2.25. The van der Waals surface area contributed by atoms with Crippen molar-refractivity contribution in [3.63, 3.8) is 0 Å². The molecule has 0 bridgehead atoms. The van der Waals surface area contributed by atoms with Gasteiger partial charge in [0.2, 0.25) is 5.91 Å². The first kappa shape index (κ1) is 15.5. The molecule has 1 N–H and O–H groups in total. The molecule has 0 aromatic heterocycles. The Hall–Kier alpha value is -1.51. The van der Waals surface area contributed by atoms with Crippen molar-refractivity contribution in [2.75, 3.05) is 11.9 Å². The third kappa shape index (κ3) is 5.77. The van der Waals surface area contributed by atoms with E-state index in [0.717, 1.165) is 18.5 Å². The van der Waals surface area contributed by atoms with Crippen LogP contribution >= 0.6 is 0 Å². The fourth-order valence-corrected chi connectivity index (χ4v) is 2.04. The lowest BCUT2D eigenvalue weighted by Gasteiger charge is -2.17. The molecule has 0 saturated heterocycles. The van der Waals surface area contributed by atoms with Crippen molar-refractivity contribution >= 4 is 11.6 Å². The first-order valence-corrected chi connectivity index (χ1v) is 7.20. The molecular formula is C16H25NO2. The van der Waals surface area contributed by atoms with Gasteiger partial charge in [-0.3, -0.25) is 4.79 Å². The maximum Gasteiger partial charge on any atom is 0.226 e. The number of amides is 1. The molecule has 1 aromatic rings. The zero-order valence-corrected chi connectivity index (χ0v) is 12.1. The third-order valence-electron chi connectivity index (χ3n) is 3.36. The highest BCUT2D eigenvalue weighted by Gasteiger charge is 2.10. The van der Waals surface area contributed by atoms with Crippen LogP contribution in [-0.2, 0) is 4.79 Å². The number of aromatic hydroxyl groups is 1. The van der Waals surface area contributed by atoms with Gasteiger partial charge in [0, 0.05) is 19.2 Å². The van der Waals surface area contributed by atoms with E-state index >= 15 is 0 Å². The smallest absolute Gasteiger partial charge is 0.226 e. The number of phenols is 1. The fraction of sp³-hybridized carbons (Fsp3) is 0.562. The molecule has 0 saturated carbocycles. The summed E-state index contributed by atoms with van der Waals surface area (Å²) in [5.41, 5.74) is 0.828. The molecule has 1 aromatic carbocycles. The van der Waals surface area contributed by atoms with Gasteiger partial charge in [0.1, 0.15) is 5.75 Å². The number of phenolic OH excluding ortho intramolecular Hbond substituents is 1. The van der Waals surface area contributed by atoms with Gasteiger partial charge in [-0.1, -0.05) is 39.0 Å². The number of hydrogen-bond donors (Lipinski definition) is 1. The summed E-state index contributed by atoms with van der Waals surface area (Å²) in [7, 11) is 1.78. The minimum absolute atomic E-state index is 0.140. The fourth-order valence-electron chi connectivity index (χ4n) is 2.04. The van der Waals surface area contributed by atoms with Crippen LogP contribution in [0.15, 0.2) is 24.3 Å². The van der Waals surface area contributed by atoms with Gasteiger partial charge in [0.05, 0.1) is 0 Å². The van der Waals surface area contributed by atoms with Crippen LogP contribution in [0.3, 0.4) is 0 Å². The summed E-state index contributed by atoms with van der Waals surface area (Å²) in [6, 6.07) is 6.72. The summed E-state index contributed by atoms with van der Waals surface area (Å²) in [6.07, 6.45) is 7.75. The number of benzene rings is 1. The Morgan fingerprint density at radius 1 is 1.05 bits per heavy atom. The van der Waals surface area contributed by atoms with Crippen LogP contribution in [-0.4, -0.2) is 18.1 Å². The molecule has 0 aliphatic carbocycles. The molecule has 0 atom stereocenters. The molecule has 3 nitrogen and oxygen atoms in total. The van der Waals surface area contributed by atoms with Crippen molar-refractivity contribution in [3.8, 4) is 5.75 Å². The van der Waals surface area contributed by atoms with E-state index in [9.17, 15) is 9.90 Å². The van der Waals surface area contributed by atoms with E-state index < -0.39 is 0 Å². The van der Waals surface area contributed by atoms with Crippen molar-refractivity contribution in [2.24, 2.45) is 0 Å². The average Bonchev–Trinajstić information content (AvgIpc) is 2.42. The van der Waals surface area contributed by atoms with Gasteiger partial charge in [-0.05, 0) is 30.7 Å². The van der Waals surface area contributed by atoms with E-state index in [2.05, 4.69) is 6.92 Å². The van der Waals surface area contributed by atoms with E-state index in [4.69, 9.17) is 0 Å². The molecule has 0 fully saturated rings. The van der Waals surface area contributed by atoms with E-state index in [-0.39, 0.29) is 11.7 Å². The highest BCUT2D eigenvalue weighted by molar-refractivity contribution is 5.92. The maximum atomic E-state index is 12.0. The molecule has 0 heterocycles. The van der Waals surface area contributed by atoms with Gasteiger partial charge in [0.15, 0.2) is 0 Å². The molecule has 0 aliphatic rings. The Balaban J connectivity index is 2.27. The minimum atomic E-state index is 0.140. The second-order valence-electron chi connectivity index (χ2n) is 4.99. The number of rotatable bonds is 8. The molecule has 0 spiro atoms. The first-order chi connectivity index (χ1) is 9.15. The number of unbranched alkanes of at least 4 members (excludes halogenated alkanes) is 5. The zero-order chi connectivity index (χ0) is 14.1. The topological polar surface area (TPSA) is 40.5 Å². The van der Waals surface area contributed by atoms with Crippen LogP contribution in [0.1, 0.15) is 51.9 Å². The summed E-state index contributed by atoms with van der Waals surface area (Å²) in [5.74, 6) is 0.363. The predicted octanol–water partition coefficient (Wildman–Crippen LogP) is 4.11. The molecule has 1 rings (SSSR count). The second-order valence-corrected chi connectivity index (χ2v) is 4.99. The average molecular weight is 263 g/mol. The zero-order valence-electron chi connectivity index (χ0n) is 12.1. The third-order valence-corrected chi connectivity index (χ3v) is 3.36. The van der Waals surface area contributed by atoms with E-state index in [0.29, 0.717) is 6.42 Å². The minimum Gasteiger partial charge on any atom is -0.508 e. The van der Waals surface area contributed by atoms with Crippen molar-refractivity contribution < 1.29 is 9.90 Å². The van der Waals surface area contributed by atoms with Crippen LogP contribution in [0.2, 0.25) is 0 Å². The molecule has 0 aliphatic heterocycles. The molecular weight excluding hydrogens is 238 g/mol. The number of carbonyl (C=O) groups excluding carboxylic acids is 1. The standard InChI is InChI=1S/C16H25NO2/c1-3-4-5-6-7-8-9-16(19)17(2)14-10-12-15(18)13-11-14/h10-13,18H,3-9H2,1-2H3. The predicted molar refractivity (Wildman–Crippen MR) is 79.5 cm³/mol. The van der Waals surface area contributed by atoms with Crippen molar-refractivity contribution in [1.82, 2.24) is 0 Å². The molecule has 0 radical (unpaired) electrons. The molecule has 1 amide bonds. The van der Waals surface area contributed by atoms with Gasteiger partial charge in [-0.2, -0.15) is 0 Å². The molecule has 0 unspecified atom stereocenters. The highest BCUT2D eigenvalue weighted by atomic mass is 16.3. The summed E-state index contributed by atoms with van der Waals surface area (Å²) in [6.45, 7) is 2.20. The lowest BCUT2D eigenvalue weighted by molar-refractivity contribution is -0.118. The van der Waals surface area contributed by atoms with Gasteiger partial charge in [-0.25, -0.2) is 0 Å². The summed E-state index contributed by atoms with van der Waals surface area (Å²) < 4.78 is 0. The summed E-state index contributed by atoms with van der Waals surface area (Å²) in [5, 5.41) is 9.22. The quantitative estimate of drug-likeness (QED) is 0.717. The maximum absolute atomic E-state index is 12.0. The van der Waals surface area contributed by atoms with E-state index in [1.807, 2.05) is 0 Å². The molecule has 3 heteroatoms. The summed E-state index contributed by atoms with van der Waals surface area (Å²) >= 11 is 0. The second kappa shape index (κ2) is 8.57. The number of anilines is 1. The van der Waals surface area contributed by atoms with Crippen molar-refractivity contribution in [2.45, 2.75) is 51.9 Å². The largest absolute Gasteiger partial charge is 0.508 e. The Morgan fingerprint density at radius 2 is 1.63 bits per heavy atom. The van der Waals surface area contributed by atoms with Crippen molar-refractivity contribution in [1.29, 1.82) is 0 Å². The van der Waals surface area contributed by atoms with Crippen LogP contribution in [0.4, 0.5) is 5.69 Å². The van der Waals surface area contributed by atoms with E-state index in [1.165, 1.54) is 25.7 Å². The van der Waals surface area contributed by atoms with Gasteiger partial charge in [0.25, 0.3) is 0 Å². The number of carbonyl (C=O) groups is 1. The van der Waals surface area contributed by atoms with Gasteiger partial charge < -0.3 is 10.0 Å². The molecule has 19 heavy (non-hydrogen) atoms. The van der Waals surface area contributed by atoms with Gasteiger partial charge in [-0.15, -0.1) is 0 Å². The first-order valence-electron chi connectivity index (χ1n) is 7.20. The molecule has 106 valence electrons. The Kier molecular flexibility index (Phi) is 7.01. The van der Waals surface area contributed by atoms with Gasteiger partial charge >= 0.3 is 0 Å². The normalized spacial score (nSPS) is 10.4. The van der Waals surface area contributed by atoms with Crippen LogP contribution in [0.25, 0.3) is 0 Å². The number of nitrogens with zero attached hydrogens (tertiary/aromatic N) is 1. The van der Waals surface area contributed by atoms with E-state index in [1.54, 1.807) is 36.2 Å². The highest BCUT2D eigenvalue weighted by Crippen LogP contribution is 2.18.